The Morgan fingerprint density at radius 1 is 1.31 bits per heavy atom. The number of carbonyl (C=O) groups is 2. The lowest BCUT2D eigenvalue weighted by Crippen LogP contribution is -2.35. The van der Waals surface area contributed by atoms with Crippen LogP contribution in [0.5, 0.6) is 0 Å². The molecular formula is C10H20N2O4. The summed E-state index contributed by atoms with van der Waals surface area (Å²) < 4.78 is 0. The molecule has 0 bridgehead atoms. The molecule has 4 N–H and O–H groups in total. The number of amides is 1. The monoisotopic (exact) mass is 232 g/mol. The van der Waals surface area contributed by atoms with Crippen LogP contribution in [0.25, 0.3) is 0 Å². The van der Waals surface area contributed by atoms with Crippen molar-refractivity contribution in [3.8, 4) is 0 Å². The van der Waals surface area contributed by atoms with E-state index >= 15 is 0 Å². The molecule has 0 spiro atoms. The minimum Gasteiger partial charge on any atom is -0.480 e. The zero-order valence-electron chi connectivity index (χ0n) is 9.69. The standard InChI is InChI=1S/C10H20N2O4/c1-7(13)9(14)12-6-4-3-5-8(11-2)10(15)16/h7-8,11,13H,3-6H2,1-2H3,(H,12,14)(H,15,16)/t7-,8-/m0/s1. The molecule has 0 rings (SSSR count). The van der Waals surface area contributed by atoms with Crippen LogP contribution >= 0.6 is 0 Å². The Hall–Kier alpha value is -1.14. The molecule has 0 aromatic rings. The van der Waals surface area contributed by atoms with Crippen molar-refractivity contribution in [3.05, 3.63) is 0 Å². The van der Waals surface area contributed by atoms with Gasteiger partial charge in [-0.2, -0.15) is 0 Å². The van der Waals surface area contributed by atoms with Crippen molar-refractivity contribution < 1.29 is 19.8 Å². The average molecular weight is 232 g/mol. The second-order valence-corrected chi connectivity index (χ2v) is 3.64. The van der Waals surface area contributed by atoms with E-state index in [0.717, 1.165) is 0 Å². The highest BCUT2D eigenvalue weighted by atomic mass is 16.4. The van der Waals surface area contributed by atoms with Gasteiger partial charge in [0.1, 0.15) is 12.1 Å². The molecule has 2 atom stereocenters. The number of aliphatic hydroxyl groups is 1. The molecule has 0 aliphatic carbocycles. The van der Waals surface area contributed by atoms with Gasteiger partial charge in [-0.3, -0.25) is 9.59 Å². The zero-order chi connectivity index (χ0) is 12.6. The number of carbonyl (C=O) groups excluding carboxylic acids is 1. The van der Waals surface area contributed by atoms with Gasteiger partial charge < -0.3 is 20.8 Å². The maximum atomic E-state index is 10.9. The summed E-state index contributed by atoms with van der Waals surface area (Å²) in [6.07, 6.45) is 0.933. The van der Waals surface area contributed by atoms with Gasteiger partial charge in [-0.05, 0) is 33.2 Å². The maximum absolute atomic E-state index is 10.9. The van der Waals surface area contributed by atoms with Crippen LogP contribution in [0.1, 0.15) is 26.2 Å². The van der Waals surface area contributed by atoms with Crippen LogP contribution in [0.15, 0.2) is 0 Å². The highest BCUT2D eigenvalue weighted by Gasteiger charge is 2.13. The fourth-order valence-corrected chi connectivity index (χ4v) is 1.22. The first-order valence-corrected chi connectivity index (χ1v) is 5.35. The van der Waals surface area contributed by atoms with E-state index in [2.05, 4.69) is 10.6 Å². The van der Waals surface area contributed by atoms with Crippen LogP contribution in [0.4, 0.5) is 0 Å². The molecule has 6 nitrogen and oxygen atoms in total. The lowest BCUT2D eigenvalue weighted by atomic mass is 10.1. The molecule has 0 aliphatic rings. The second kappa shape index (κ2) is 8.06. The zero-order valence-corrected chi connectivity index (χ0v) is 9.69. The van der Waals surface area contributed by atoms with E-state index in [1.165, 1.54) is 6.92 Å². The first-order valence-electron chi connectivity index (χ1n) is 5.35. The van der Waals surface area contributed by atoms with Crippen LogP contribution < -0.4 is 10.6 Å². The molecule has 0 saturated heterocycles. The largest absolute Gasteiger partial charge is 0.480 e. The molecular weight excluding hydrogens is 212 g/mol. The number of hydrogen-bond acceptors (Lipinski definition) is 4. The number of aliphatic hydroxyl groups excluding tert-OH is 1. The van der Waals surface area contributed by atoms with E-state index in [0.29, 0.717) is 25.8 Å². The predicted molar refractivity (Wildman–Crippen MR) is 59.0 cm³/mol. The lowest BCUT2D eigenvalue weighted by molar-refractivity contribution is -0.139. The Labute approximate surface area is 95.0 Å². The molecule has 1 amide bonds. The van der Waals surface area contributed by atoms with Crippen molar-refractivity contribution >= 4 is 11.9 Å². The molecule has 94 valence electrons. The van der Waals surface area contributed by atoms with E-state index in [1.807, 2.05) is 0 Å². The molecule has 0 aromatic carbocycles. The van der Waals surface area contributed by atoms with Crippen molar-refractivity contribution in [1.82, 2.24) is 10.6 Å². The summed E-state index contributed by atoms with van der Waals surface area (Å²) in [5.74, 6) is -1.26. The van der Waals surface area contributed by atoms with E-state index in [1.54, 1.807) is 7.05 Å². The van der Waals surface area contributed by atoms with E-state index < -0.39 is 24.0 Å². The molecule has 0 aromatic heterocycles. The summed E-state index contributed by atoms with van der Waals surface area (Å²) in [6.45, 7) is 1.86. The topological polar surface area (TPSA) is 98.7 Å². The van der Waals surface area contributed by atoms with E-state index in [-0.39, 0.29) is 0 Å². The smallest absolute Gasteiger partial charge is 0.320 e. The summed E-state index contributed by atoms with van der Waals surface area (Å²) in [5.41, 5.74) is 0. The van der Waals surface area contributed by atoms with Gasteiger partial charge in [-0.15, -0.1) is 0 Å². The number of nitrogens with one attached hydrogen (secondary N) is 2. The third-order valence-electron chi connectivity index (χ3n) is 2.24. The van der Waals surface area contributed by atoms with Crippen molar-refractivity contribution in [3.63, 3.8) is 0 Å². The number of likely N-dealkylation sites (N-methyl/N-ethyl adjacent to an activating group) is 1. The number of hydrogen-bond donors (Lipinski definition) is 4. The van der Waals surface area contributed by atoms with Gasteiger partial charge in [-0.1, -0.05) is 0 Å². The number of carboxylic acids is 1. The molecule has 0 fully saturated rings. The molecule has 16 heavy (non-hydrogen) atoms. The van der Waals surface area contributed by atoms with Crippen LogP contribution in [0.3, 0.4) is 0 Å². The Morgan fingerprint density at radius 2 is 1.94 bits per heavy atom. The van der Waals surface area contributed by atoms with Crippen LogP contribution in [0, 0.1) is 0 Å². The molecule has 0 unspecified atom stereocenters. The van der Waals surface area contributed by atoms with Crippen molar-refractivity contribution in [2.45, 2.75) is 38.3 Å². The van der Waals surface area contributed by atoms with Gasteiger partial charge in [0.25, 0.3) is 0 Å². The van der Waals surface area contributed by atoms with E-state index in [9.17, 15) is 9.59 Å². The highest BCUT2D eigenvalue weighted by molar-refractivity contribution is 5.79. The van der Waals surface area contributed by atoms with Crippen molar-refractivity contribution in [1.29, 1.82) is 0 Å². The third-order valence-corrected chi connectivity index (χ3v) is 2.24. The Bertz CT molecular complexity index is 231. The second-order valence-electron chi connectivity index (χ2n) is 3.64. The average Bonchev–Trinajstić information content (AvgIpc) is 2.22. The Morgan fingerprint density at radius 3 is 2.38 bits per heavy atom. The van der Waals surface area contributed by atoms with E-state index in [4.69, 9.17) is 10.2 Å². The number of carboxylic acid groups (broad SMARTS) is 1. The first-order chi connectivity index (χ1) is 7.49. The Balaban J connectivity index is 3.53. The Kier molecular flexibility index (Phi) is 7.49. The molecule has 0 aliphatic heterocycles. The van der Waals surface area contributed by atoms with Crippen LogP contribution in [-0.2, 0) is 9.59 Å². The summed E-state index contributed by atoms with van der Waals surface area (Å²) >= 11 is 0. The first kappa shape index (κ1) is 14.9. The molecule has 0 radical (unpaired) electrons. The van der Waals surface area contributed by atoms with Crippen molar-refractivity contribution in [2.24, 2.45) is 0 Å². The number of rotatable bonds is 8. The normalized spacial score (nSPS) is 14.2. The van der Waals surface area contributed by atoms with Gasteiger partial charge in [0.2, 0.25) is 5.91 Å². The highest BCUT2D eigenvalue weighted by Crippen LogP contribution is 2.00. The van der Waals surface area contributed by atoms with Gasteiger partial charge in [0.05, 0.1) is 0 Å². The molecule has 0 saturated carbocycles. The summed E-state index contributed by atoms with van der Waals surface area (Å²) in [6, 6.07) is -0.535. The molecule has 0 heterocycles. The van der Waals surface area contributed by atoms with Gasteiger partial charge >= 0.3 is 5.97 Å². The minimum absolute atomic E-state index is 0.400. The van der Waals surface area contributed by atoms with Crippen LogP contribution in [-0.4, -0.2) is 47.8 Å². The summed E-state index contributed by atoms with van der Waals surface area (Å²) in [4.78, 5) is 21.6. The number of aliphatic carboxylic acids is 1. The van der Waals surface area contributed by atoms with Gasteiger partial charge in [0, 0.05) is 6.54 Å². The SMILES string of the molecule is CN[C@@H](CCCCNC(=O)[C@H](C)O)C(=O)O. The minimum atomic E-state index is -0.996. The van der Waals surface area contributed by atoms with Gasteiger partial charge in [-0.25, -0.2) is 0 Å². The predicted octanol–water partition coefficient (Wildman–Crippen LogP) is -0.674. The fraction of sp³-hybridized carbons (Fsp3) is 0.800. The van der Waals surface area contributed by atoms with Gasteiger partial charge in [0.15, 0.2) is 0 Å². The summed E-state index contributed by atoms with van der Waals surface area (Å²) in [5, 5.41) is 22.8. The molecule has 6 heteroatoms. The third kappa shape index (κ3) is 6.36. The quantitative estimate of drug-likeness (QED) is 0.416. The fourth-order valence-electron chi connectivity index (χ4n) is 1.22. The van der Waals surface area contributed by atoms with Crippen LogP contribution in [0.2, 0.25) is 0 Å². The number of unbranched alkanes of at least 4 members (excludes halogenated alkanes) is 1. The van der Waals surface area contributed by atoms with Crippen molar-refractivity contribution in [2.75, 3.05) is 13.6 Å². The lowest BCUT2D eigenvalue weighted by Gasteiger charge is -2.11. The summed E-state index contributed by atoms with van der Waals surface area (Å²) in [7, 11) is 1.61. The maximum Gasteiger partial charge on any atom is 0.320 e.